The van der Waals surface area contributed by atoms with Gasteiger partial charge in [-0.25, -0.2) is 0 Å². The van der Waals surface area contributed by atoms with Crippen LogP contribution in [-0.4, -0.2) is 50.2 Å². The van der Waals surface area contributed by atoms with Crippen LogP contribution in [-0.2, 0) is 0 Å². The van der Waals surface area contributed by atoms with Crippen LogP contribution in [0.2, 0.25) is 0 Å². The van der Waals surface area contributed by atoms with Crippen LogP contribution in [0.3, 0.4) is 0 Å². The van der Waals surface area contributed by atoms with Crippen molar-refractivity contribution in [2.75, 3.05) is 39.3 Å². The molecule has 0 bridgehead atoms. The van der Waals surface area contributed by atoms with Crippen molar-refractivity contribution in [2.45, 2.75) is 32.7 Å². The largest absolute Gasteiger partial charge is 0.317 e. The van der Waals surface area contributed by atoms with Crippen LogP contribution in [0, 0.1) is 0 Å². The molecule has 0 saturated carbocycles. The molecule has 0 amide bonds. The Morgan fingerprint density at radius 1 is 0.857 bits per heavy atom. The van der Waals surface area contributed by atoms with Gasteiger partial charge in [0.15, 0.2) is 0 Å². The highest BCUT2D eigenvalue weighted by Gasteiger charge is 2.08. The van der Waals surface area contributed by atoms with E-state index in [0.717, 1.165) is 19.6 Å². The van der Waals surface area contributed by atoms with Gasteiger partial charge in [0, 0.05) is 19.1 Å². The van der Waals surface area contributed by atoms with Gasteiger partial charge < -0.3 is 10.6 Å². The van der Waals surface area contributed by atoms with Crippen molar-refractivity contribution in [3.05, 3.63) is 0 Å². The van der Waals surface area contributed by atoms with Crippen LogP contribution >= 0.6 is 0 Å². The van der Waals surface area contributed by atoms with E-state index in [1.165, 1.54) is 32.5 Å². The first-order valence-corrected chi connectivity index (χ1v) is 5.96. The highest BCUT2D eigenvalue weighted by molar-refractivity contribution is 4.66. The van der Waals surface area contributed by atoms with E-state index in [4.69, 9.17) is 0 Å². The van der Waals surface area contributed by atoms with E-state index in [-0.39, 0.29) is 0 Å². The fraction of sp³-hybridized carbons (Fsp3) is 1.00. The molecule has 0 atom stereocenters. The summed E-state index contributed by atoms with van der Waals surface area (Å²) in [5, 5.41) is 6.96. The van der Waals surface area contributed by atoms with Crippen molar-refractivity contribution in [3.8, 4) is 0 Å². The summed E-state index contributed by atoms with van der Waals surface area (Å²) in [6.45, 7) is 11.6. The summed E-state index contributed by atoms with van der Waals surface area (Å²) in [4.78, 5) is 2.56. The van der Waals surface area contributed by atoms with Gasteiger partial charge in [-0.1, -0.05) is 0 Å². The number of hydrogen-bond acceptors (Lipinski definition) is 3. The summed E-state index contributed by atoms with van der Waals surface area (Å²) < 4.78 is 0. The zero-order valence-corrected chi connectivity index (χ0v) is 9.68. The van der Waals surface area contributed by atoms with Crippen molar-refractivity contribution in [2.24, 2.45) is 0 Å². The number of hydrogen-bond donors (Lipinski definition) is 2. The second-order valence-electron chi connectivity index (χ2n) is 4.34. The maximum Gasteiger partial charge on any atom is 0.0110 e. The average Bonchev–Trinajstić information content (AvgIpc) is 2.21. The van der Waals surface area contributed by atoms with Crippen molar-refractivity contribution < 1.29 is 0 Å². The van der Waals surface area contributed by atoms with E-state index in [2.05, 4.69) is 29.4 Å². The van der Waals surface area contributed by atoms with Crippen molar-refractivity contribution >= 4 is 0 Å². The minimum atomic E-state index is 0.678. The number of rotatable bonds is 1. The lowest BCUT2D eigenvalue weighted by Gasteiger charge is -2.26. The molecule has 14 heavy (non-hydrogen) atoms. The Morgan fingerprint density at radius 3 is 2.21 bits per heavy atom. The van der Waals surface area contributed by atoms with Crippen molar-refractivity contribution in [1.82, 2.24) is 15.5 Å². The van der Waals surface area contributed by atoms with E-state index in [1.807, 2.05) is 0 Å². The third kappa shape index (κ3) is 4.94. The topological polar surface area (TPSA) is 27.3 Å². The quantitative estimate of drug-likeness (QED) is 0.650. The van der Waals surface area contributed by atoms with E-state index in [1.54, 1.807) is 0 Å². The lowest BCUT2D eigenvalue weighted by molar-refractivity contribution is 0.220. The zero-order chi connectivity index (χ0) is 10.2. The molecule has 1 fully saturated rings. The van der Waals surface area contributed by atoms with Gasteiger partial charge in [-0.2, -0.15) is 0 Å². The smallest absolute Gasteiger partial charge is 0.0110 e. The highest BCUT2D eigenvalue weighted by Crippen LogP contribution is 1.98. The Labute approximate surface area is 88.2 Å². The molecule has 1 heterocycles. The first kappa shape index (κ1) is 12.0. The molecule has 3 nitrogen and oxygen atoms in total. The molecule has 0 aromatic rings. The van der Waals surface area contributed by atoms with Crippen LogP contribution in [0.25, 0.3) is 0 Å². The van der Waals surface area contributed by atoms with Gasteiger partial charge in [0.05, 0.1) is 0 Å². The molecule has 84 valence electrons. The molecule has 1 aliphatic rings. The van der Waals surface area contributed by atoms with Crippen LogP contribution in [0.4, 0.5) is 0 Å². The number of nitrogens with one attached hydrogen (secondary N) is 2. The van der Waals surface area contributed by atoms with Gasteiger partial charge in [-0.3, -0.25) is 4.90 Å². The third-order valence-corrected chi connectivity index (χ3v) is 2.81. The van der Waals surface area contributed by atoms with E-state index in [0.29, 0.717) is 6.04 Å². The second-order valence-corrected chi connectivity index (χ2v) is 4.34. The zero-order valence-electron chi connectivity index (χ0n) is 9.68. The third-order valence-electron chi connectivity index (χ3n) is 2.81. The predicted octanol–water partition coefficient (Wildman–Crippen LogP) is 0.670. The molecule has 0 radical (unpaired) electrons. The fourth-order valence-electron chi connectivity index (χ4n) is 1.85. The Morgan fingerprint density at radius 2 is 1.50 bits per heavy atom. The normalized spacial score (nSPS) is 23.4. The van der Waals surface area contributed by atoms with E-state index in [9.17, 15) is 0 Å². The minimum Gasteiger partial charge on any atom is -0.317 e. The molecular weight excluding hydrogens is 174 g/mol. The van der Waals surface area contributed by atoms with E-state index >= 15 is 0 Å². The van der Waals surface area contributed by atoms with Crippen LogP contribution in [0.15, 0.2) is 0 Å². The second kappa shape index (κ2) is 7.21. The predicted molar refractivity (Wildman–Crippen MR) is 61.7 cm³/mol. The molecule has 1 rings (SSSR count). The summed E-state index contributed by atoms with van der Waals surface area (Å²) >= 11 is 0. The molecule has 0 aliphatic carbocycles. The van der Waals surface area contributed by atoms with Gasteiger partial charge in [0.1, 0.15) is 0 Å². The van der Waals surface area contributed by atoms with Crippen molar-refractivity contribution in [1.29, 1.82) is 0 Å². The highest BCUT2D eigenvalue weighted by atomic mass is 15.2. The van der Waals surface area contributed by atoms with Gasteiger partial charge in [-0.05, 0) is 52.9 Å². The standard InChI is InChI=1S/C11H25N3/c1-11(2)14-9-4-7-12-5-3-6-13-8-10-14/h11-13H,3-10H2,1-2H3. The molecule has 0 aromatic carbocycles. The fourth-order valence-corrected chi connectivity index (χ4v) is 1.85. The Hall–Kier alpha value is -0.120. The maximum atomic E-state index is 3.49. The molecule has 0 spiro atoms. The summed E-state index contributed by atoms with van der Waals surface area (Å²) in [7, 11) is 0. The van der Waals surface area contributed by atoms with Crippen LogP contribution < -0.4 is 10.6 Å². The summed E-state index contributed by atoms with van der Waals surface area (Å²) in [5.41, 5.74) is 0. The number of nitrogens with zero attached hydrogens (tertiary/aromatic N) is 1. The van der Waals surface area contributed by atoms with Gasteiger partial charge in [-0.15, -0.1) is 0 Å². The monoisotopic (exact) mass is 199 g/mol. The summed E-state index contributed by atoms with van der Waals surface area (Å²) in [5.74, 6) is 0. The van der Waals surface area contributed by atoms with Crippen LogP contribution in [0.5, 0.6) is 0 Å². The lowest BCUT2D eigenvalue weighted by Crippen LogP contribution is -2.38. The molecular formula is C11H25N3. The Bertz CT molecular complexity index is 124. The minimum absolute atomic E-state index is 0.678. The maximum absolute atomic E-state index is 3.49. The Balaban J connectivity index is 2.27. The van der Waals surface area contributed by atoms with Gasteiger partial charge >= 0.3 is 0 Å². The SMILES string of the molecule is CC(C)N1CCCNCCCNCC1. The summed E-state index contributed by atoms with van der Waals surface area (Å²) in [6.07, 6.45) is 2.53. The molecule has 0 unspecified atom stereocenters. The molecule has 1 saturated heterocycles. The Kier molecular flexibility index (Phi) is 6.15. The van der Waals surface area contributed by atoms with Gasteiger partial charge in [0.25, 0.3) is 0 Å². The van der Waals surface area contributed by atoms with Crippen LogP contribution in [0.1, 0.15) is 26.7 Å². The first-order chi connectivity index (χ1) is 6.80. The molecule has 0 aromatic heterocycles. The van der Waals surface area contributed by atoms with E-state index < -0.39 is 0 Å². The van der Waals surface area contributed by atoms with Crippen molar-refractivity contribution in [3.63, 3.8) is 0 Å². The van der Waals surface area contributed by atoms with Gasteiger partial charge in [0.2, 0.25) is 0 Å². The lowest BCUT2D eigenvalue weighted by atomic mass is 10.3. The molecule has 1 aliphatic heterocycles. The molecule has 3 heteroatoms. The average molecular weight is 199 g/mol. The molecule has 2 N–H and O–H groups in total. The first-order valence-electron chi connectivity index (χ1n) is 5.96. The summed E-state index contributed by atoms with van der Waals surface area (Å²) in [6, 6.07) is 0.678.